The molecule has 0 aromatic heterocycles. The number of benzene rings is 9. The third kappa shape index (κ3) is 6.70. The van der Waals surface area contributed by atoms with Crippen LogP contribution in [-0.2, 0) is 0 Å². The Bertz CT molecular complexity index is 2750. The van der Waals surface area contributed by atoms with Crippen LogP contribution in [0.2, 0.25) is 0 Å². The average molecular weight is 687 g/mol. The van der Waals surface area contributed by atoms with Crippen LogP contribution in [0.25, 0.3) is 90.4 Å². The normalized spacial score (nSPS) is 11.6. The molecule has 0 aliphatic carbocycles. The molecule has 0 saturated carbocycles. The minimum Gasteiger partial charge on any atom is -0.0622 e. The Morgan fingerprint density at radius 3 is 1.07 bits per heavy atom. The Kier molecular flexibility index (Phi) is 9.07. The predicted molar refractivity (Wildman–Crippen MR) is 234 cm³/mol. The zero-order valence-corrected chi connectivity index (χ0v) is 29.9. The second kappa shape index (κ2) is 14.9. The molecular formula is C54H38. The van der Waals surface area contributed by atoms with Gasteiger partial charge in [0.1, 0.15) is 0 Å². The monoisotopic (exact) mass is 686 g/mol. The first kappa shape index (κ1) is 32.9. The number of rotatable bonds is 8. The molecule has 0 aliphatic rings. The van der Waals surface area contributed by atoms with Crippen molar-refractivity contribution in [2.24, 2.45) is 0 Å². The standard InChI is InChI=1S/C54H38/c1-4-14-39(15-5-1)24-26-41-28-32-44(33-29-41)53-49-22-12-13-23-50(49)54(45-34-30-42(31-35-45)27-25-40-16-6-2-7-17-40)52-38-46(36-37-51(52)53)48-21-11-10-20-47(48)43-18-8-3-9-19-43/h1-38H/b26-24+,27-25+. The Morgan fingerprint density at radius 2 is 0.574 bits per heavy atom. The van der Waals surface area contributed by atoms with Crippen molar-refractivity contribution in [3.8, 4) is 44.5 Å². The SMILES string of the molecule is C(=C\c1ccc(-c2c3ccccc3c(-c3ccc(/C=C/c4ccccc4)cc3)c3cc(-c4ccccc4-c4ccccc4)ccc23)cc1)/c1ccccc1. The molecule has 9 aromatic carbocycles. The van der Waals surface area contributed by atoms with Gasteiger partial charge in [-0.2, -0.15) is 0 Å². The fraction of sp³-hybridized carbons (Fsp3) is 0. The topological polar surface area (TPSA) is 0 Å². The maximum atomic E-state index is 2.42. The van der Waals surface area contributed by atoms with Crippen LogP contribution in [-0.4, -0.2) is 0 Å². The molecular weight excluding hydrogens is 649 g/mol. The molecule has 0 N–H and O–H groups in total. The number of fused-ring (bicyclic) bond motifs is 2. The molecule has 0 radical (unpaired) electrons. The van der Waals surface area contributed by atoms with Crippen molar-refractivity contribution in [3.05, 3.63) is 229 Å². The highest BCUT2D eigenvalue weighted by molar-refractivity contribution is 6.22. The minimum atomic E-state index is 1.17. The molecule has 0 atom stereocenters. The predicted octanol–water partition coefficient (Wildman–Crippen LogP) is 15.0. The molecule has 0 aliphatic heterocycles. The summed E-state index contributed by atoms with van der Waals surface area (Å²) in [5.74, 6) is 0. The fourth-order valence-electron chi connectivity index (χ4n) is 7.61. The molecule has 9 aromatic rings. The first-order chi connectivity index (χ1) is 26.8. The average Bonchev–Trinajstić information content (AvgIpc) is 3.25. The van der Waals surface area contributed by atoms with Gasteiger partial charge in [-0.25, -0.2) is 0 Å². The van der Waals surface area contributed by atoms with Crippen LogP contribution in [0, 0.1) is 0 Å². The van der Waals surface area contributed by atoms with Crippen molar-refractivity contribution in [2.45, 2.75) is 0 Å². The van der Waals surface area contributed by atoms with Crippen LogP contribution in [0.3, 0.4) is 0 Å². The molecule has 9 rings (SSSR count). The lowest BCUT2D eigenvalue weighted by molar-refractivity contribution is 1.59. The molecule has 0 bridgehead atoms. The molecule has 0 fully saturated rings. The van der Waals surface area contributed by atoms with Crippen molar-refractivity contribution < 1.29 is 0 Å². The van der Waals surface area contributed by atoms with E-state index in [2.05, 4.69) is 231 Å². The van der Waals surface area contributed by atoms with E-state index >= 15 is 0 Å². The van der Waals surface area contributed by atoms with E-state index in [1.165, 1.54) is 88.3 Å². The van der Waals surface area contributed by atoms with Crippen LogP contribution >= 0.6 is 0 Å². The van der Waals surface area contributed by atoms with Gasteiger partial charge in [0.2, 0.25) is 0 Å². The first-order valence-electron chi connectivity index (χ1n) is 18.6. The Hall–Kier alpha value is -7.02. The van der Waals surface area contributed by atoms with Gasteiger partial charge in [0.05, 0.1) is 0 Å². The molecule has 0 amide bonds. The first-order valence-corrected chi connectivity index (χ1v) is 18.6. The van der Waals surface area contributed by atoms with Gasteiger partial charge in [-0.1, -0.05) is 224 Å². The molecule has 0 nitrogen and oxygen atoms in total. The summed E-state index contributed by atoms with van der Waals surface area (Å²) >= 11 is 0. The second-order valence-corrected chi connectivity index (χ2v) is 13.7. The van der Waals surface area contributed by atoms with E-state index < -0.39 is 0 Å². The van der Waals surface area contributed by atoms with Gasteiger partial charge >= 0.3 is 0 Å². The van der Waals surface area contributed by atoms with E-state index in [1.54, 1.807) is 0 Å². The van der Waals surface area contributed by atoms with Gasteiger partial charge in [-0.15, -0.1) is 0 Å². The second-order valence-electron chi connectivity index (χ2n) is 13.7. The molecule has 0 unspecified atom stereocenters. The highest BCUT2D eigenvalue weighted by Crippen LogP contribution is 2.45. The fourth-order valence-corrected chi connectivity index (χ4v) is 7.61. The van der Waals surface area contributed by atoms with Crippen molar-refractivity contribution in [1.29, 1.82) is 0 Å². The van der Waals surface area contributed by atoms with Crippen LogP contribution in [0.1, 0.15) is 22.3 Å². The largest absolute Gasteiger partial charge is 0.0622 e. The molecule has 54 heavy (non-hydrogen) atoms. The molecule has 0 heterocycles. The highest BCUT2D eigenvalue weighted by atomic mass is 14.2. The third-order valence-electron chi connectivity index (χ3n) is 10.3. The van der Waals surface area contributed by atoms with E-state index in [4.69, 9.17) is 0 Å². The third-order valence-corrected chi connectivity index (χ3v) is 10.3. The lowest BCUT2D eigenvalue weighted by Crippen LogP contribution is -1.92. The van der Waals surface area contributed by atoms with Gasteiger partial charge in [0, 0.05) is 0 Å². The van der Waals surface area contributed by atoms with Crippen molar-refractivity contribution >= 4 is 45.8 Å². The number of hydrogen-bond donors (Lipinski definition) is 0. The van der Waals surface area contributed by atoms with Crippen molar-refractivity contribution in [1.82, 2.24) is 0 Å². The summed E-state index contributed by atoms with van der Waals surface area (Å²) < 4.78 is 0. The minimum absolute atomic E-state index is 1.17. The zero-order chi connectivity index (χ0) is 36.1. The maximum absolute atomic E-state index is 2.42. The Labute approximate surface area is 317 Å². The summed E-state index contributed by atoms with van der Waals surface area (Å²) in [6.45, 7) is 0. The smallest absolute Gasteiger partial charge is 0.00261 e. The van der Waals surface area contributed by atoms with Crippen LogP contribution in [0.5, 0.6) is 0 Å². The molecule has 0 spiro atoms. The maximum Gasteiger partial charge on any atom is -0.00261 e. The molecule has 0 saturated heterocycles. The summed E-state index contributed by atoms with van der Waals surface area (Å²) in [5, 5.41) is 4.97. The molecule has 254 valence electrons. The highest BCUT2D eigenvalue weighted by Gasteiger charge is 2.18. The molecule has 0 heteroatoms. The van der Waals surface area contributed by atoms with Gasteiger partial charge in [-0.3, -0.25) is 0 Å². The summed E-state index contributed by atoms with van der Waals surface area (Å²) in [4.78, 5) is 0. The quantitative estimate of drug-likeness (QED) is 0.110. The number of hydrogen-bond acceptors (Lipinski definition) is 0. The Morgan fingerprint density at radius 1 is 0.222 bits per heavy atom. The van der Waals surface area contributed by atoms with Gasteiger partial charge in [-0.05, 0) is 94.4 Å². The summed E-state index contributed by atoms with van der Waals surface area (Å²) in [6, 6.07) is 74.4. The zero-order valence-electron chi connectivity index (χ0n) is 29.9. The van der Waals surface area contributed by atoms with Crippen molar-refractivity contribution in [2.75, 3.05) is 0 Å². The van der Waals surface area contributed by atoms with Crippen molar-refractivity contribution in [3.63, 3.8) is 0 Å². The lowest BCUT2D eigenvalue weighted by atomic mass is 9.84. The van der Waals surface area contributed by atoms with E-state index in [1.807, 2.05) is 0 Å². The van der Waals surface area contributed by atoms with Crippen LogP contribution < -0.4 is 0 Å². The summed E-state index contributed by atoms with van der Waals surface area (Å²) in [5.41, 5.74) is 14.5. The van der Waals surface area contributed by atoms with Crippen LogP contribution in [0.15, 0.2) is 206 Å². The van der Waals surface area contributed by atoms with Gasteiger partial charge < -0.3 is 0 Å². The summed E-state index contributed by atoms with van der Waals surface area (Å²) in [6.07, 6.45) is 8.73. The summed E-state index contributed by atoms with van der Waals surface area (Å²) in [7, 11) is 0. The van der Waals surface area contributed by atoms with E-state index in [0.29, 0.717) is 0 Å². The van der Waals surface area contributed by atoms with Gasteiger partial charge in [0.25, 0.3) is 0 Å². The van der Waals surface area contributed by atoms with Gasteiger partial charge in [0.15, 0.2) is 0 Å². The van der Waals surface area contributed by atoms with E-state index in [-0.39, 0.29) is 0 Å². The Balaban J connectivity index is 1.22. The van der Waals surface area contributed by atoms with E-state index in [9.17, 15) is 0 Å². The van der Waals surface area contributed by atoms with E-state index in [0.717, 1.165) is 0 Å². The van der Waals surface area contributed by atoms with Crippen LogP contribution in [0.4, 0.5) is 0 Å². The lowest BCUT2D eigenvalue weighted by Gasteiger charge is -2.19.